The summed E-state index contributed by atoms with van der Waals surface area (Å²) in [6.07, 6.45) is -0.606. The standard InChI is InChI=1S/C7H14F2N2/c8-6(9)4-7(5-10)2-1-3-11-7/h6,11H,1-5,10H2. The number of hydrogen-bond donors (Lipinski definition) is 2. The Labute approximate surface area is 65.1 Å². The topological polar surface area (TPSA) is 38.0 Å². The third kappa shape index (κ3) is 2.10. The zero-order valence-electron chi connectivity index (χ0n) is 6.45. The smallest absolute Gasteiger partial charge is 0.240 e. The molecule has 3 N–H and O–H groups in total. The summed E-state index contributed by atoms with van der Waals surface area (Å²) in [6.45, 7) is 1.14. The van der Waals surface area contributed by atoms with Crippen molar-refractivity contribution in [3.63, 3.8) is 0 Å². The molecule has 1 heterocycles. The second kappa shape index (κ2) is 3.45. The van der Waals surface area contributed by atoms with Crippen molar-refractivity contribution in [3.05, 3.63) is 0 Å². The van der Waals surface area contributed by atoms with Gasteiger partial charge in [0, 0.05) is 18.5 Å². The zero-order valence-corrected chi connectivity index (χ0v) is 6.45. The first-order valence-corrected chi connectivity index (χ1v) is 3.92. The first-order chi connectivity index (χ1) is 5.18. The molecule has 1 fully saturated rings. The lowest BCUT2D eigenvalue weighted by atomic mass is 9.94. The summed E-state index contributed by atoms with van der Waals surface area (Å²) in [5, 5.41) is 3.05. The van der Waals surface area contributed by atoms with E-state index in [1.807, 2.05) is 0 Å². The molecule has 2 nitrogen and oxygen atoms in total. The Hall–Kier alpha value is -0.220. The quantitative estimate of drug-likeness (QED) is 0.645. The van der Waals surface area contributed by atoms with E-state index in [0.717, 1.165) is 19.4 Å². The molecule has 0 radical (unpaired) electrons. The van der Waals surface area contributed by atoms with Crippen LogP contribution >= 0.6 is 0 Å². The Kier molecular flexibility index (Phi) is 2.78. The van der Waals surface area contributed by atoms with Crippen LogP contribution in [0.2, 0.25) is 0 Å². The largest absolute Gasteiger partial charge is 0.329 e. The third-order valence-corrected chi connectivity index (χ3v) is 2.27. The van der Waals surface area contributed by atoms with Crippen molar-refractivity contribution in [2.75, 3.05) is 13.1 Å². The van der Waals surface area contributed by atoms with E-state index in [-0.39, 0.29) is 6.42 Å². The third-order valence-electron chi connectivity index (χ3n) is 2.27. The summed E-state index contributed by atoms with van der Waals surface area (Å²) >= 11 is 0. The molecule has 1 saturated heterocycles. The van der Waals surface area contributed by atoms with E-state index in [1.165, 1.54) is 0 Å². The molecule has 1 unspecified atom stereocenters. The molecule has 11 heavy (non-hydrogen) atoms. The van der Waals surface area contributed by atoms with E-state index >= 15 is 0 Å². The minimum absolute atomic E-state index is 0.108. The molecule has 0 aromatic rings. The molecule has 0 saturated carbocycles. The lowest BCUT2D eigenvalue weighted by molar-refractivity contribution is 0.0997. The van der Waals surface area contributed by atoms with E-state index < -0.39 is 12.0 Å². The Bertz CT molecular complexity index is 122. The van der Waals surface area contributed by atoms with Crippen molar-refractivity contribution in [1.82, 2.24) is 5.32 Å². The van der Waals surface area contributed by atoms with Gasteiger partial charge in [0.05, 0.1) is 0 Å². The number of nitrogens with two attached hydrogens (primary N) is 1. The van der Waals surface area contributed by atoms with Crippen LogP contribution in [0.4, 0.5) is 8.78 Å². The van der Waals surface area contributed by atoms with Crippen LogP contribution < -0.4 is 11.1 Å². The Balaban J connectivity index is 2.45. The van der Waals surface area contributed by atoms with Gasteiger partial charge in [-0.2, -0.15) is 0 Å². The highest BCUT2D eigenvalue weighted by Crippen LogP contribution is 2.24. The molecule has 0 aromatic carbocycles. The summed E-state index contributed by atoms with van der Waals surface area (Å²) in [7, 11) is 0. The van der Waals surface area contributed by atoms with Crippen molar-refractivity contribution in [1.29, 1.82) is 0 Å². The molecule has 0 aromatic heterocycles. The molecule has 0 aliphatic carbocycles. The van der Waals surface area contributed by atoms with Crippen LogP contribution in [0, 0.1) is 0 Å². The number of hydrogen-bond acceptors (Lipinski definition) is 2. The predicted octanol–water partition coefficient (Wildman–Crippen LogP) is 0.722. The molecule has 66 valence electrons. The van der Waals surface area contributed by atoms with Crippen molar-refractivity contribution >= 4 is 0 Å². The highest BCUT2D eigenvalue weighted by atomic mass is 19.3. The summed E-state index contributed by atoms with van der Waals surface area (Å²) in [5.41, 5.74) is 4.96. The predicted molar refractivity (Wildman–Crippen MR) is 39.6 cm³/mol. The normalized spacial score (nSPS) is 31.6. The van der Waals surface area contributed by atoms with E-state index in [4.69, 9.17) is 5.73 Å². The maximum Gasteiger partial charge on any atom is 0.240 e. The summed E-state index contributed by atoms with van der Waals surface area (Å²) in [6, 6.07) is 0. The van der Waals surface area contributed by atoms with Crippen molar-refractivity contribution < 1.29 is 8.78 Å². The highest BCUT2D eigenvalue weighted by molar-refractivity contribution is 4.94. The summed E-state index contributed by atoms with van der Waals surface area (Å²) < 4.78 is 24.0. The second-order valence-corrected chi connectivity index (χ2v) is 3.11. The lowest BCUT2D eigenvalue weighted by Gasteiger charge is -2.27. The van der Waals surface area contributed by atoms with Gasteiger partial charge in [0.15, 0.2) is 0 Å². The highest BCUT2D eigenvalue weighted by Gasteiger charge is 2.34. The van der Waals surface area contributed by atoms with Crippen LogP contribution in [0.25, 0.3) is 0 Å². The average Bonchev–Trinajstić information content (AvgIpc) is 2.36. The summed E-state index contributed by atoms with van der Waals surface area (Å²) in [5.74, 6) is 0. The van der Waals surface area contributed by atoms with Crippen LogP contribution in [0.5, 0.6) is 0 Å². The van der Waals surface area contributed by atoms with E-state index in [1.54, 1.807) is 0 Å². The van der Waals surface area contributed by atoms with Crippen molar-refractivity contribution in [2.45, 2.75) is 31.2 Å². The van der Waals surface area contributed by atoms with Crippen LogP contribution in [0.1, 0.15) is 19.3 Å². The monoisotopic (exact) mass is 164 g/mol. The number of alkyl halides is 2. The maximum atomic E-state index is 12.0. The van der Waals surface area contributed by atoms with Crippen molar-refractivity contribution in [3.8, 4) is 0 Å². The van der Waals surface area contributed by atoms with Gasteiger partial charge in [-0.1, -0.05) is 0 Å². The van der Waals surface area contributed by atoms with E-state index in [9.17, 15) is 8.78 Å². The fourth-order valence-corrected chi connectivity index (χ4v) is 1.60. The van der Waals surface area contributed by atoms with Gasteiger partial charge in [-0.25, -0.2) is 8.78 Å². The first kappa shape index (κ1) is 8.87. The van der Waals surface area contributed by atoms with Gasteiger partial charge in [0.2, 0.25) is 6.43 Å². The zero-order chi connectivity index (χ0) is 8.32. The molecular weight excluding hydrogens is 150 g/mol. The molecule has 4 heteroatoms. The number of halogens is 2. The van der Waals surface area contributed by atoms with Gasteiger partial charge in [-0.3, -0.25) is 0 Å². The Morgan fingerprint density at radius 1 is 1.55 bits per heavy atom. The lowest BCUT2D eigenvalue weighted by Crippen LogP contribution is -2.47. The molecule has 1 aliphatic heterocycles. The molecule has 0 bridgehead atoms. The van der Waals surface area contributed by atoms with Gasteiger partial charge >= 0.3 is 0 Å². The maximum absolute atomic E-state index is 12.0. The van der Waals surface area contributed by atoms with Crippen LogP contribution in [0.15, 0.2) is 0 Å². The molecule has 0 spiro atoms. The minimum Gasteiger partial charge on any atom is -0.329 e. The molecular formula is C7H14F2N2. The van der Waals surface area contributed by atoms with Crippen LogP contribution in [0.3, 0.4) is 0 Å². The Morgan fingerprint density at radius 3 is 2.64 bits per heavy atom. The number of nitrogens with one attached hydrogen (secondary N) is 1. The van der Waals surface area contributed by atoms with Gasteiger partial charge in [0.1, 0.15) is 0 Å². The van der Waals surface area contributed by atoms with Crippen molar-refractivity contribution in [2.24, 2.45) is 5.73 Å². The SMILES string of the molecule is NCC1(CC(F)F)CCCN1. The van der Waals surface area contributed by atoms with Crippen LogP contribution in [-0.2, 0) is 0 Å². The summed E-state index contributed by atoms with van der Waals surface area (Å²) in [4.78, 5) is 0. The Morgan fingerprint density at radius 2 is 2.27 bits per heavy atom. The minimum atomic E-state index is -2.25. The first-order valence-electron chi connectivity index (χ1n) is 3.92. The molecule has 1 aliphatic rings. The van der Waals surface area contributed by atoms with Gasteiger partial charge in [-0.15, -0.1) is 0 Å². The van der Waals surface area contributed by atoms with E-state index in [2.05, 4.69) is 5.32 Å². The molecule has 1 atom stereocenters. The average molecular weight is 164 g/mol. The second-order valence-electron chi connectivity index (χ2n) is 3.11. The van der Waals surface area contributed by atoms with Gasteiger partial charge in [-0.05, 0) is 19.4 Å². The molecule has 1 rings (SSSR count). The van der Waals surface area contributed by atoms with Gasteiger partial charge < -0.3 is 11.1 Å². The van der Waals surface area contributed by atoms with Gasteiger partial charge in [0.25, 0.3) is 0 Å². The fraction of sp³-hybridized carbons (Fsp3) is 1.00. The fourth-order valence-electron chi connectivity index (χ4n) is 1.60. The van der Waals surface area contributed by atoms with E-state index in [0.29, 0.717) is 6.54 Å². The van der Waals surface area contributed by atoms with Crippen LogP contribution in [-0.4, -0.2) is 25.1 Å². The molecule has 0 amide bonds. The number of rotatable bonds is 3.